The fourth-order valence-corrected chi connectivity index (χ4v) is 3.40. The van der Waals surface area contributed by atoms with Crippen molar-refractivity contribution < 1.29 is 8.95 Å². The third-order valence-corrected chi connectivity index (χ3v) is 4.72. The molecule has 0 spiro atoms. The van der Waals surface area contributed by atoms with Crippen LogP contribution in [0.2, 0.25) is 0 Å². The van der Waals surface area contributed by atoms with Gasteiger partial charge in [-0.1, -0.05) is 11.3 Å². The van der Waals surface area contributed by atoms with E-state index in [1.807, 2.05) is 6.07 Å². The number of ether oxygens (including phenoxy) is 1. The molecule has 9 heteroatoms. The van der Waals surface area contributed by atoms with Crippen molar-refractivity contribution >= 4 is 33.1 Å². The summed E-state index contributed by atoms with van der Waals surface area (Å²) in [5.74, 6) is 1.82. The molecule has 0 bridgehead atoms. The summed E-state index contributed by atoms with van der Waals surface area (Å²) in [6.07, 6.45) is 3.34. The number of nitrogens with zero attached hydrogens (tertiary/aromatic N) is 4. The van der Waals surface area contributed by atoms with Crippen molar-refractivity contribution in [3.8, 4) is 10.7 Å². The Morgan fingerprint density at radius 2 is 2.18 bits per heavy atom. The first-order valence-electron chi connectivity index (χ1n) is 6.84. The molecule has 0 aliphatic carbocycles. The Morgan fingerprint density at radius 3 is 2.82 bits per heavy atom. The molecule has 0 radical (unpaired) electrons. The average molecular weight is 339 g/mol. The molecule has 1 fully saturated rings. The molecule has 1 unspecified atom stereocenters. The summed E-state index contributed by atoms with van der Waals surface area (Å²) in [6, 6.07) is 1.90. The van der Waals surface area contributed by atoms with Gasteiger partial charge >= 0.3 is 0 Å². The third kappa shape index (κ3) is 3.60. The Hall–Kier alpha value is -1.58. The molecule has 1 saturated heterocycles. The van der Waals surface area contributed by atoms with Crippen molar-refractivity contribution in [1.82, 2.24) is 15.0 Å². The third-order valence-electron chi connectivity index (χ3n) is 3.20. The summed E-state index contributed by atoms with van der Waals surface area (Å²) in [5.41, 5.74) is 6.46. The van der Waals surface area contributed by atoms with Gasteiger partial charge in [-0.25, -0.2) is 15.0 Å². The Morgan fingerprint density at radius 1 is 1.41 bits per heavy atom. The summed E-state index contributed by atoms with van der Waals surface area (Å²) in [7, 11) is -0.960. The number of nitrogens with two attached hydrogens (primary N) is 1. The van der Waals surface area contributed by atoms with Crippen molar-refractivity contribution in [2.75, 3.05) is 43.2 Å². The lowest BCUT2D eigenvalue weighted by atomic mass is 10.3. The van der Waals surface area contributed by atoms with E-state index in [0.29, 0.717) is 29.9 Å². The standard InChI is InChI=1S/C13H17N5O2S2/c1-22(19)8-9-6-11(18-2-4-20-5-3-18)17-12(16-9)10-7-15-13(14)21-10/h6-7H,2-5,8H2,1H3,(H2,14,15). The predicted octanol–water partition coefficient (Wildman–Crippen LogP) is 0.897. The number of aromatic nitrogens is 3. The zero-order valence-corrected chi connectivity index (χ0v) is 13.8. The molecule has 3 heterocycles. The van der Waals surface area contributed by atoms with Crippen LogP contribution < -0.4 is 10.6 Å². The largest absolute Gasteiger partial charge is 0.378 e. The quantitative estimate of drug-likeness (QED) is 0.884. The van der Waals surface area contributed by atoms with Crippen LogP contribution in [0, 0.1) is 0 Å². The number of hydrogen-bond acceptors (Lipinski definition) is 8. The summed E-state index contributed by atoms with van der Waals surface area (Å²) in [5, 5.41) is 0.482. The molecule has 0 aromatic carbocycles. The minimum atomic E-state index is -0.960. The number of morpholine rings is 1. The van der Waals surface area contributed by atoms with Gasteiger partial charge in [-0.2, -0.15) is 0 Å². The highest BCUT2D eigenvalue weighted by Gasteiger charge is 2.17. The highest BCUT2D eigenvalue weighted by atomic mass is 32.2. The molecule has 3 rings (SSSR count). The van der Waals surface area contributed by atoms with E-state index in [-0.39, 0.29) is 0 Å². The Bertz CT molecular complexity index is 685. The smallest absolute Gasteiger partial charge is 0.180 e. The van der Waals surface area contributed by atoms with E-state index in [4.69, 9.17) is 10.5 Å². The molecule has 7 nitrogen and oxygen atoms in total. The predicted molar refractivity (Wildman–Crippen MR) is 88.4 cm³/mol. The second-order valence-corrected chi connectivity index (χ2v) is 7.42. The summed E-state index contributed by atoms with van der Waals surface area (Å²) in [6.45, 7) is 2.94. The number of nitrogen functional groups attached to an aromatic ring is 1. The van der Waals surface area contributed by atoms with Crippen LogP contribution in [0.4, 0.5) is 10.9 Å². The van der Waals surface area contributed by atoms with Gasteiger partial charge in [-0.15, -0.1) is 0 Å². The molecule has 0 saturated carbocycles. The van der Waals surface area contributed by atoms with Gasteiger partial charge in [-0.05, 0) is 0 Å². The van der Waals surface area contributed by atoms with Crippen molar-refractivity contribution in [1.29, 1.82) is 0 Å². The number of anilines is 2. The highest BCUT2D eigenvalue weighted by molar-refractivity contribution is 7.83. The molecule has 1 atom stereocenters. The van der Waals surface area contributed by atoms with Gasteiger partial charge in [0.1, 0.15) is 5.82 Å². The fourth-order valence-electron chi connectivity index (χ4n) is 2.22. The molecule has 22 heavy (non-hydrogen) atoms. The number of hydrogen-bond donors (Lipinski definition) is 1. The SMILES string of the molecule is CS(=O)Cc1cc(N2CCOCC2)nc(-c2cnc(N)s2)n1. The fraction of sp³-hybridized carbons (Fsp3) is 0.462. The maximum atomic E-state index is 11.5. The van der Waals surface area contributed by atoms with Crippen LogP contribution in [-0.4, -0.2) is 51.7 Å². The lowest BCUT2D eigenvalue weighted by molar-refractivity contribution is 0.122. The van der Waals surface area contributed by atoms with E-state index < -0.39 is 10.8 Å². The maximum absolute atomic E-state index is 11.5. The van der Waals surface area contributed by atoms with Gasteiger partial charge in [-0.3, -0.25) is 4.21 Å². The van der Waals surface area contributed by atoms with Crippen molar-refractivity contribution in [2.45, 2.75) is 5.75 Å². The van der Waals surface area contributed by atoms with Gasteiger partial charge in [0, 0.05) is 36.2 Å². The molecule has 0 amide bonds. The number of thiazole rings is 1. The van der Waals surface area contributed by atoms with Crippen molar-refractivity contribution in [3.05, 3.63) is 18.0 Å². The molecule has 118 valence electrons. The Kier molecular flexibility index (Phi) is 4.65. The van der Waals surface area contributed by atoms with Crippen LogP contribution in [0.5, 0.6) is 0 Å². The molecular formula is C13H17N5O2S2. The van der Waals surface area contributed by atoms with E-state index in [1.54, 1.807) is 12.5 Å². The first-order chi connectivity index (χ1) is 10.6. The van der Waals surface area contributed by atoms with Crippen LogP contribution in [0.3, 0.4) is 0 Å². The molecule has 1 aliphatic rings. The van der Waals surface area contributed by atoms with E-state index in [9.17, 15) is 4.21 Å². The lowest BCUT2D eigenvalue weighted by Crippen LogP contribution is -2.37. The van der Waals surface area contributed by atoms with E-state index in [0.717, 1.165) is 29.5 Å². The summed E-state index contributed by atoms with van der Waals surface area (Å²) in [4.78, 5) is 16.1. The summed E-state index contributed by atoms with van der Waals surface area (Å²) < 4.78 is 16.9. The molecule has 2 N–H and O–H groups in total. The lowest BCUT2D eigenvalue weighted by Gasteiger charge is -2.28. The second kappa shape index (κ2) is 6.67. The summed E-state index contributed by atoms with van der Waals surface area (Å²) >= 11 is 1.35. The van der Waals surface area contributed by atoms with Crippen molar-refractivity contribution in [3.63, 3.8) is 0 Å². The van der Waals surface area contributed by atoms with Crippen LogP contribution in [0.1, 0.15) is 5.69 Å². The number of rotatable bonds is 4. The van der Waals surface area contributed by atoms with E-state index in [2.05, 4.69) is 19.9 Å². The van der Waals surface area contributed by atoms with Crippen LogP contribution in [-0.2, 0) is 21.3 Å². The first-order valence-corrected chi connectivity index (χ1v) is 9.38. The van der Waals surface area contributed by atoms with Gasteiger partial charge in [0.05, 0.1) is 35.7 Å². The average Bonchev–Trinajstić information content (AvgIpc) is 2.94. The molecule has 2 aromatic heterocycles. The van der Waals surface area contributed by atoms with E-state index >= 15 is 0 Å². The monoisotopic (exact) mass is 339 g/mol. The Labute approximate surface area is 135 Å². The van der Waals surface area contributed by atoms with E-state index in [1.165, 1.54) is 11.3 Å². The van der Waals surface area contributed by atoms with Crippen LogP contribution in [0.15, 0.2) is 12.3 Å². The first kappa shape index (κ1) is 15.3. The second-order valence-electron chi connectivity index (χ2n) is 4.92. The molecule has 1 aliphatic heterocycles. The minimum Gasteiger partial charge on any atom is -0.378 e. The molecular weight excluding hydrogens is 322 g/mol. The minimum absolute atomic E-state index is 0.404. The highest BCUT2D eigenvalue weighted by Crippen LogP contribution is 2.27. The van der Waals surface area contributed by atoms with Crippen LogP contribution >= 0.6 is 11.3 Å². The van der Waals surface area contributed by atoms with Gasteiger partial charge in [0.2, 0.25) is 0 Å². The van der Waals surface area contributed by atoms with Gasteiger partial charge in [0.25, 0.3) is 0 Å². The zero-order chi connectivity index (χ0) is 15.5. The topological polar surface area (TPSA) is 94.2 Å². The van der Waals surface area contributed by atoms with Crippen molar-refractivity contribution in [2.24, 2.45) is 0 Å². The normalized spacial score (nSPS) is 16.7. The van der Waals surface area contributed by atoms with Crippen LogP contribution in [0.25, 0.3) is 10.7 Å². The maximum Gasteiger partial charge on any atom is 0.180 e. The zero-order valence-electron chi connectivity index (χ0n) is 12.2. The molecule has 2 aromatic rings. The Balaban J connectivity index is 1.99. The van der Waals surface area contributed by atoms with Gasteiger partial charge < -0.3 is 15.4 Å². The van der Waals surface area contributed by atoms with Gasteiger partial charge in [0.15, 0.2) is 11.0 Å².